The lowest BCUT2D eigenvalue weighted by molar-refractivity contribution is -0.117. The second-order valence-electron chi connectivity index (χ2n) is 3.33. The number of hydrogen-bond donors (Lipinski definition) is 0. The Labute approximate surface area is 116 Å². The molecule has 0 aliphatic carbocycles. The third-order valence-electron chi connectivity index (χ3n) is 2.22. The summed E-state index contributed by atoms with van der Waals surface area (Å²) < 4.78 is 0. The molecule has 3 nitrogen and oxygen atoms in total. The van der Waals surface area contributed by atoms with Crippen LogP contribution in [0.25, 0.3) is 0 Å². The Kier molecular flexibility index (Phi) is 5.27. The summed E-state index contributed by atoms with van der Waals surface area (Å²) in [6.45, 7) is 1.16. The van der Waals surface area contributed by atoms with Crippen LogP contribution in [0.15, 0.2) is 35.3 Å². The molecule has 86 valence electrons. The van der Waals surface area contributed by atoms with Crippen molar-refractivity contribution in [2.75, 3.05) is 12.8 Å². The second kappa shape index (κ2) is 6.24. The van der Waals surface area contributed by atoms with Gasteiger partial charge < -0.3 is 4.90 Å². The fourth-order valence-electron chi connectivity index (χ4n) is 1.55. The molecule has 0 saturated heterocycles. The molecule has 5 heteroatoms. The van der Waals surface area contributed by atoms with Crippen LogP contribution in [-0.2, 0) is 11.3 Å². The lowest BCUT2D eigenvalue weighted by Gasteiger charge is -2.17. The van der Waals surface area contributed by atoms with E-state index in [-0.39, 0.29) is 29.9 Å². The number of aliphatic imine (C=N–C) groups is 1. The SMILES string of the molecule is CSC1=NC(=O)CN1Cc1ccccc1.I. The van der Waals surface area contributed by atoms with Gasteiger partial charge in [0.2, 0.25) is 0 Å². The number of halogens is 1. The van der Waals surface area contributed by atoms with Gasteiger partial charge >= 0.3 is 0 Å². The van der Waals surface area contributed by atoms with E-state index in [9.17, 15) is 4.79 Å². The van der Waals surface area contributed by atoms with Crippen LogP contribution in [0.5, 0.6) is 0 Å². The Balaban J connectivity index is 0.00000128. The minimum absolute atomic E-state index is 0. The molecule has 0 bridgehead atoms. The van der Waals surface area contributed by atoms with Crippen LogP contribution in [0.1, 0.15) is 5.56 Å². The molecule has 0 fully saturated rings. The zero-order valence-electron chi connectivity index (χ0n) is 8.92. The minimum Gasteiger partial charge on any atom is -0.337 e. The first-order valence-corrected chi connectivity index (χ1v) is 5.96. The van der Waals surface area contributed by atoms with Crippen LogP contribution in [0.3, 0.4) is 0 Å². The highest BCUT2D eigenvalue weighted by atomic mass is 127. The van der Waals surface area contributed by atoms with E-state index in [1.165, 1.54) is 17.3 Å². The topological polar surface area (TPSA) is 32.7 Å². The number of nitrogens with zero attached hydrogens (tertiary/aromatic N) is 2. The molecule has 0 atom stereocenters. The molecule has 0 aromatic heterocycles. The highest BCUT2D eigenvalue weighted by Gasteiger charge is 2.22. The van der Waals surface area contributed by atoms with Crippen molar-refractivity contribution in [2.45, 2.75) is 6.54 Å². The standard InChI is InChI=1S/C11H12N2OS.HI/c1-15-11-12-10(14)8-13(11)7-9-5-3-2-4-6-9;/h2-6H,7-8H2,1H3;1H. The fraction of sp³-hybridized carbons (Fsp3) is 0.273. The van der Waals surface area contributed by atoms with Gasteiger partial charge in [0, 0.05) is 6.54 Å². The van der Waals surface area contributed by atoms with Crippen LogP contribution in [0.4, 0.5) is 0 Å². The molecule has 0 N–H and O–H groups in total. The zero-order valence-corrected chi connectivity index (χ0v) is 12.1. The Bertz CT molecular complexity index is 394. The van der Waals surface area contributed by atoms with E-state index >= 15 is 0 Å². The molecule has 1 aliphatic heterocycles. The third-order valence-corrected chi connectivity index (χ3v) is 2.93. The number of carbonyl (C=O) groups is 1. The van der Waals surface area contributed by atoms with Gasteiger partial charge in [-0.3, -0.25) is 4.79 Å². The third kappa shape index (κ3) is 3.21. The molecule has 0 saturated carbocycles. The summed E-state index contributed by atoms with van der Waals surface area (Å²) in [5.74, 6) is -0.0460. The van der Waals surface area contributed by atoms with Gasteiger partial charge in [0.1, 0.15) is 6.54 Å². The van der Waals surface area contributed by atoms with Crippen molar-refractivity contribution >= 4 is 46.8 Å². The van der Waals surface area contributed by atoms with Crippen molar-refractivity contribution in [3.05, 3.63) is 35.9 Å². The first-order valence-electron chi connectivity index (χ1n) is 4.74. The zero-order chi connectivity index (χ0) is 10.7. The highest BCUT2D eigenvalue weighted by Crippen LogP contribution is 2.15. The summed E-state index contributed by atoms with van der Waals surface area (Å²) in [6, 6.07) is 10.1. The maximum atomic E-state index is 11.2. The molecule has 2 rings (SSSR count). The van der Waals surface area contributed by atoms with Crippen LogP contribution in [0.2, 0.25) is 0 Å². The van der Waals surface area contributed by atoms with Gasteiger partial charge in [-0.15, -0.1) is 24.0 Å². The number of thioether (sulfide) groups is 1. The Morgan fingerprint density at radius 2 is 2.06 bits per heavy atom. The number of amidine groups is 1. The molecular formula is C11H13IN2OS. The molecule has 0 unspecified atom stereocenters. The second-order valence-corrected chi connectivity index (χ2v) is 4.11. The van der Waals surface area contributed by atoms with Gasteiger partial charge in [0.05, 0.1) is 0 Å². The van der Waals surface area contributed by atoms with Crippen LogP contribution >= 0.6 is 35.7 Å². The molecule has 0 radical (unpaired) electrons. The summed E-state index contributed by atoms with van der Waals surface area (Å²) in [4.78, 5) is 17.1. The van der Waals surface area contributed by atoms with Gasteiger partial charge in [-0.05, 0) is 11.8 Å². The summed E-state index contributed by atoms with van der Waals surface area (Å²) in [6.07, 6.45) is 1.94. The predicted octanol–water partition coefficient (Wildman–Crippen LogP) is 2.37. The molecule has 1 aromatic rings. The average molecular weight is 348 g/mol. The summed E-state index contributed by atoms with van der Waals surface area (Å²) in [5, 5.41) is 0.823. The smallest absolute Gasteiger partial charge is 0.267 e. The first-order chi connectivity index (χ1) is 7.29. The number of amides is 1. The van der Waals surface area contributed by atoms with E-state index in [4.69, 9.17) is 0 Å². The lowest BCUT2D eigenvalue weighted by atomic mass is 10.2. The van der Waals surface area contributed by atoms with Gasteiger partial charge in [0.25, 0.3) is 5.91 Å². The number of benzene rings is 1. The summed E-state index contributed by atoms with van der Waals surface area (Å²) in [7, 11) is 0. The van der Waals surface area contributed by atoms with E-state index in [1.54, 1.807) is 0 Å². The van der Waals surface area contributed by atoms with Crippen molar-refractivity contribution in [3.8, 4) is 0 Å². The van der Waals surface area contributed by atoms with E-state index in [1.807, 2.05) is 29.4 Å². The van der Waals surface area contributed by atoms with Crippen molar-refractivity contribution in [1.29, 1.82) is 0 Å². The van der Waals surface area contributed by atoms with Crippen molar-refractivity contribution in [2.24, 2.45) is 4.99 Å². The van der Waals surface area contributed by atoms with Crippen LogP contribution in [0, 0.1) is 0 Å². The molecule has 1 aliphatic rings. The predicted molar refractivity (Wildman–Crippen MR) is 78.2 cm³/mol. The van der Waals surface area contributed by atoms with E-state index in [0.29, 0.717) is 6.54 Å². The van der Waals surface area contributed by atoms with Gasteiger partial charge in [-0.1, -0.05) is 42.1 Å². The number of carbonyl (C=O) groups excluding carboxylic acids is 1. The average Bonchev–Trinajstić information content (AvgIpc) is 2.60. The molecule has 1 aromatic carbocycles. The van der Waals surface area contributed by atoms with E-state index < -0.39 is 0 Å². The molecule has 16 heavy (non-hydrogen) atoms. The lowest BCUT2D eigenvalue weighted by Crippen LogP contribution is -2.25. The van der Waals surface area contributed by atoms with Gasteiger partial charge in [-0.2, -0.15) is 4.99 Å². The van der Waals surface area contributed by atoms with E-state index in [0.717, 1.165) is 11.7 Å². The fourth-order valence-corrected chi connectivity index (χ4v) is 2.13. The monoisotopic (exact) mass is 348 g/mol. The maximum Gasteiger partial charge on any atom is 0.267 e. The molecule has 1 heterocycles. The van der Waals surface area contributed by atoms with Crippen LogP contribution in [-0.4, -0.2) is 28.8 Å². The van der Waals surface area contributed by atoms with Gasteiger partial charge in [-0.25, -0.2) is 0 Å². The maximum absolute atomic E-state index is 11.2. The van der Waals surface area contributed by atoms with Crippen molar-refractivity contribution in [1.82, 2.24) is 4.90 Å². The first kappa shape index (κ1) is 13.5. The Morgan fingerprint density at radius 3 is 2.69 bits per heavy atom. The number of hydrogen-bond acceptors (Lipinski definition) is 3. The van der Waals surface area contributed by atoms with Gasteiger partial charge in [0.15, 0.2) is 5.17 Å². The van der Waals surface area contributed by atoms with Crippen LogP contribution < -0.4 is 0 Å². The normalized spacial score (nSPS) is 14.7. The molecular weight excluding hydrogens is 335 g/mol. The molecule has 1 amide bonds. The Hall–Kier alpha value is -0.560. The van der Waals surface area contributed by atoms with Crippen molar-refractivity contribution in [3.63, 3.8) is 0 Å². The minimum atomic E-state index is -0.0460. The summed E-state index contributed by atoms with van der Waals surface area (Å²) in [5.41, 5.74) is 1.20. The van der Waals surface area contributed by atoms with E-state index in [2.05, 4.69) is 17.1 Å². The quantitative estimate of drug-likeness (QED) is 0.770. The molecule has 0 spiro atoms. The Morgan fingerprint density at radius 1 is 1.38 bits per heavy atom. The van der Waals surface area contributed by atoms with Crippen molar-refractivity contribution < 1.29 is 4.79 Å². The highest BCUT2D eigenvalue weighted by molar-refractivity contribution is 14.0. The summed E-state index contributed by atoms with van der Waals surface area (Å²) >= 11 is 1.52. The number of rotatable bonds is 2. The largest absolute Gasteiger partial charge is 0.337 e.